The lowest BCUT2D eigenvalue weighted by Gasteiger charge is -2.28. The first-order chi connectivity index (χ1) is 18.0. The predicted molar refractivity (Wildman–Crippen MR) is 138 cm³/mol. The quantitative estimate of drug-likeness (QED) is 0.486. The summed E-state index contributed by atoms with van der Waals surface area (Å²) in [7, 11) is 1.90. The average Bonchev–Trinajstić information content (AvgIpc) is 3.37. The van der Waals surface area contributed by atoms with E-state index in [1.165, 1.54) is 11.1 Å². The van der Waals surface area contributed by atoms with Crippen LogP contribution < -0.4 is 5.32 Å². The van der Waals surface area contributed by atoms with Crippen molar-refractivity contribution in [2.24, 2.45) is 5.10 Å². The molecule has 0 radical (unpaired) electrons. The van der Waals surface area contributed by atoms with Crippen molar-refractivity contribution in [1.29, 1.82) is 0 Å². The van der Waals surface area contributed by atoms with E-state index in [1.807, 2.05) is 42.2 Å². The van der Waals surface area contributed by atoms with Gasteiger partial charge in [0.2, 0.25) is 0 Å². The molecule has 37 heavy (non-hydrogen) atoms. The maximum Gasteiger partial charge on any atom is 0.162 e. The largest absolute Gasteiger partial charge is 0.369 e. The van der Waals surface area contributed by atoms with Crippen LogP contribution in [0, 0.1) is 0 Å². The highest BCUT2D eigenvalue weighted by Gasteiger charge is 2.22. The van der Waals surface area contributed by atoms with Gasteiger partial charge in [-0.2, -0.15) is 10.2 Å². The van der Waals surface area contributed by atoms with Crippen molar-refractivity contribution in [3.8, 4) is 22.5 Å². The summed E-state index contributed by atoms with van der Waals surface area (Å²) < 4.78 is 29.4. The van der Waals surface area contributed by atoms with Gasteiger partial charge in [-0.05, 0) is 48.6 Å². The molecule has 10 heteroatoms. The highest BCUT2D eigenvalue weighted by Crippen LogP contribution is 2.26. The van der Waals surface area contributed by atoms with Gasteiger partial charge in [0.25, 0.3) is 0 Å². The summed E-state index contributed by atoms with van der Waals surface area (Å²) in [6.45, 7) is 1.89. The van der Waals surface area contributed by atoms with Crippen LogP contribution in [0.3, 0.4) is 0 Å². The van der Waals surface area contributed by atoms with E-state index < -0.39 is 18.2 Å². The molecule has 3 aromatic rings. The molecule has 2 atom stereocenters. The Balaban J connectivity index is 1.31. The summed E-state index contributed by atoms with van der Waals surface area (Å²) in [5, 5.41) is 23.8. The van der Waals surface area contributed by atoms with Crippen LogP contribution in [0.15, 0.2) is 89.9 Å². The summed E-state index contributed by atoms with van der Waals surface area (Å²) in [4.78, 5) is 9.08. The molecule has 2 aliphatic rings. The van der Waals surface area contributed by atoms with E-state index in [9.17, 15) is 13.9 Å². The van der Waals surface area contributed by atoms with Gasteiger partial charge in [0.05, 0.1) is 25.0 Å². The van der Waals surface area contributed by atoms with Crippen LogP contribution in [0.2, 0.25) is 0 Å². The van der Waals surface area contributed by atoms with Gasteiger partial charge in [-0.1, -0.05) is 18.2 Å². The minimum Gasteiger partial charge on any atom is -0.369 e. The highest BCUT2D eigenvalue weighted by molar-refractivity contribution is 6.09. The Kier molecular flexibility index (Phi) is 7.29. The lowest BCUT2D eigenvalue weighted by atomic mass is 9.98. The zero-order chi connectivity index (χ0) is 25.8. The number of aromatic nitrogens is 4. The molecule has 0 saturated carbocycles. The molecule has 1 aliphatic heterocycles. The second kappa shape index (κ2) is 10.9. The third kappa shape index (κ3) is 5.87. The zero-order valence-corrected chi connectivity index (χ0v) is 20.3. The molecule has 0 spiro atoms. The smallest absolute Gasteiger partial charge is 0.162 e. The fourth-order valence-corrected chi connectivity index (χ4v) is 4.18. The number of benzene rings is 1. The molecule has 2 unspecified atom stereocenters. The Morgan fingerprint density at radius 1 is 1.14 bits per heavy atom. The third-order valence-corrected chi connectivity index (χ3v) is 6.10. The lowest BCUT2D eigenvalue weighted by molar-refractivity contribution is 0.0357. The number of nitrogens with one attached hydrogen (secondary N) is 1. The number of hydrazone groups is 1. The molecule has 5 rings (SSSR count). The Labute approximate surface area is 213 Å². The molecule has 1 aliphatic carbocycles. The second-order valence-electron chi connectivity index (χ2n) is 8.89. The molecule has 0 bridgehead atoms. The number of nitrogens with zero attached hydrogens (tertiary/aromatic N) is 6. The number of likely N-dealkylation sites (N-methyl/N-ethyl adjacent to an activating group) is 1. The van der Waals surface area contributed by atoms with Crippen LogP contribution in [0.5, 0.6) is 0 Å². The van der Waals surface area contributed by atoms with Gasteiger partial charge in [-0.3, -0.25) is 9.69 Å². The SMILES string of the molecule is CNCCn1cc(-c2cnc(-c3cccc(CN4N=C(C5=CC(F)=CC(F)C5)C=CC4O)c3)nc2)cn1. The number of hydrogen-bond donors (Lipinski definition) is 2. The number of aliphatic hydroxyl groups is 1. The van der Waals surface area contributed by atoms with Crippen molar-refractivity contribution in [1.82, 2.24) is 30.1 Å². The van der Waals surface area contributed by atoms with Crippen LogP contribution in [0.25, 0.3) is 22.5 Å². The number of hydrogen-bond acceptors (Lipinski definition) is 7. The van der Waals surface area contributed by atoms with E-state index in [4.69, 9.17) is 0 Å². The van der Waals surface area contributed by atoms with Crippen LogP contribution >= 0.6 is 0 Å². The van der Waals surface area contributed by atoms with Crippen molar-refractivity contribution in [3.05, 3.63) is 90.3 Å². The fourth-order valence-electron chi connectivity index (χ4n) is 4.18. The monoisotopic (exact) mass is 503 g/mol. The first-order valence-corrected chi connectivity index (χ1v) is 12.0. The molecule has 2 aromatic heterocycles. The van der Waals surface area contributed by atoms with Crippen molar-refractivity contribution >= 4 is 5.71 Å². The Morgan fingerprint density at radius 2 is 1.97 bits per heavy atom. The molecular weight excluding hydrogens is 476 g/mol. The van der Waals surface area contributed by atoms with Gasteiger partial charge < -0.3 is 10.4 Å². The molecule has 190 valence electrons. The number of aliphatic hydroxyl groups excluding tert-OH is 1. The number of allylic oxidation sites excluding steroid dienone is 5. The van der Waals surface area contributed by atoms with Crippen LogP contribution in [-0.2, 0) is 13.1 Å². The van der Waals surface area contributed by atoms with Gasteiger partial charge in [0, 0.05) is 48.2 Å². The molecule has 1 aromatic carbocycles. The van der Waals surface area contributed by atoms with Crippen LogP contribution in [0.4, 0.5) is 8.78 Å². The molecule has 0 amide bonds. The minimum absolute atomic E-state index is 0.0417. The number of rotatable bonds is 8. The molecule has 2 N–H and O–H groups in total. The van der Waals surface area contributed by atoms with E-state index in [0.717, 1.165) is 41.4 Å². The van der Waals surface area contributed by atoms with Crippen LogP contribution in [-0.4, -0.2) is 61.6 Å². The van der Waals surface area contributed by atoms with E-state index in [1.54, 1.807) is 30.7 Å². The number of halogens is 2. The zero-order valence-electron chi connectivity index (χ0n) is 20.3. The normalized spacial score (nSPS) is 19.5. The summed E-state index contributed by atoms with van der Waals surface area (Å²) in [6.07, 6.45) is 10.4. The van der Waals surface area contributed by atoms with Gasteiger partial charge in [-0.25, -0.2) is 18.7 Å². The predicted octanol–water partition coefficient (Wildman–Crippen LogP) is 3.79. The molecule has 8 nitrogen and oxygen atoms in total. The van der Waals surface area contributed by atoms with Gasteiger partial charge >= 0.3 is 0 Å². The van der Waals surface area contributed by atoms with Gasteiger partial charge in [0.15, 0.2) is 12.1 Å². The first-order valence-electron chi connectivity index (χ1n) is 12.0. The van der Waals surface area contributed by atoms with E-state index in [0.29, 0.717) is 17.1 Å². The maximum absolute atomic E-state index is 13.8. The Bertz CT molecular complexity index is 1380. The molecule has 0 fully saturated rings. The minimum atomic E-state index is -1.39. The Morgan fingerprint density at radius 3 is 2.76 bits per heavy atom. The maximum atomic E-state index is 13.8. The van der Waals surface area contributed by atoms with Gasteiger partial charge in [0.1, 0.15) is 12.0 Å². The van der Waals surface area contributed by atoms with Crippen molar-refractivity contribution in [2.75, 3.05) is 13.6 Å². The molecule has 3 heterocycles. The number of alkyl halides is 1. The molecule has 0 saturated heterocycles. The van der Waals surface area contributed by atoms with E-state index in [-0.39, 0.29) is 13.0 Å². The fraction of sp³-hybridized carbons (Fsp3) is 0.259. The summed E-state index contributed by atoms with van der Waals surface area (Å²) in [6, 6.07) is 7.66. The average molecular weight is 504 g/mol. The van der Waals surface area contributed by atoms with Crippen molar-refractivity contribution < 1.29 is 13.9 Å². The summed E-state index contributed by atoms with van der Waals surface area (Å²) in [5.74, 6) is -0.0519. The van der Waals surface area contributed by atoms with Crippen molar-refractivity contribution in [2.45, 2.75) is 31.9 Å². The van der Waals surface area contributed by atoms with E-state index in [2.05, 4.69) is 25.5 Å². The lowest BCUT2D eigenvalue weighted by Crippen LogP contribution is -2.33. The Hall–Kier alpha value is -4.02. The molecular formula is C27H27F2N7O. The van der Waals surface area contributed by atoms with Crippen LogP contribution in [0.1, 0.15) is 12.0 Å². The second-order valence-corrected chi connectivity index (χ2v) is 8.89. The van der Waals surface area contributed by atoms with E-state index >= 15 is 0 Å². The summed E-state index contributed by atoms with van der Waals surface area (Å²) in [5.41, 5.74) is 4.40. The topological polar surface area (TPSA) is 91.5 Å². The highest BCUT2D eigenvalue weighted by atomic mass is 19.1. The third-order valence-electron chi connectivity index (χ3n) is 6.10. The standard InChI is InChI=1S/C27H27F2N7O/c1-30-7-8-35-17-22(15-33-35)21-13-31-27(32-14-21)19-4-2-3-18(9-19)16-36-26(37)6-5-25(34-36)20-10-23(28)12-24(29)11-20/h2-6,9-10,12-15,17,24,26,30,37H,7-8,11,16H2,1H3. The first kappa shape index (κ1) is 24.7. The van der Waals surface area contributed by atoms with Crippen molar-refractivity contribution in [3.63, 3.8) is 0 Å². The summed E-state index contributed by atoms with van der Waals surface area (Å²) >= 11 is 0. The van der Waals surface area contributed by atoms with Gasteiger partial charge in [-0.15, -0.1) is 0 Å².